The molecule has 4 unspecified atom stereocenters. The standard InChI is InChI=1S/C53H96O15/c1-3-5-7-9-11-13-15-17-19-20-22-24-26-28-30-32-34-36-45(56)66-41(38-63-44(55)35-33-31-29-27-25-23-21-18-16-14-12-10-8-6-4-2)39-64-52-51(62)49(60)47(58)43(68-52)40-65-53-50(61)48(59)46(57)42(37-54)67-53/h29,31,33,35,41-43,46-54,57-62H,3-28,30,32,34,36-40H2,1-2H3/b31-29+,35-33+/t41-,42+,43+,46-,47-,48?,49?,50?,51?,52+,53+/m1/s1. The minimum Gasteiger partial charge on any atom is -0.458 e. The van der Waals surface area contributed by atoms with Crippen molar-refractivity contribution < 1.29 is 73.8 Å². The third-order valence-corrected chi connectivity index (χ3v) is 13.0. The molecule has 15 heteroatoms. The molecule has 0 bridgehead atoms. The number of esters is 2. The molecule has 2 aliphatic heterocycles. The number of unbranched alkanes of at least 4 members (excludes halogenated alkanes) is 27. The highest BCUT2D eigenvalue weighted by Gasteiger charge is 2.47. The van der Waals surface area contributed by atoms with Crippen LogP contribution in [0.15, 0.2) is 24.3 Å². The molecular formula is C53H96O15. The molecule has 0 spiro atoms. The zero-order valence-corrected chi connectivity index (χ0v) is 42.1. The van der Waals surface area contributed by atoms with Crippen LogP contribution in [0.1, 0.15) is 206 Å². The number of allylic oxidation sites excluding steroid dienone is 3. The van der Waals surface area contributed by atoms with Gasteiger partial charge in [0.15, 0.2) is 18.7 Å². The molecular weight excluding hydrogens is 877 g/mol. The van der Waals surface area contributed by atoms with Gasteiger partial charge in [-0.1, -0.05) is 199 Å². The van der Waals surface area contributed by atoms with Crippen LogP contribution in [0, 0.1) is 0 Å². The first-order valence-corrected chi connectivity index (χ1v) is 27.0. The molecule has 15 nitrogen and oxygen atoms in total. The molecule has 2 heterocycles. The van der Waals surface area contributed by atoms with Crippen LogP contribution < -0.4 is 0 Å². The molecule has 0 aliphatic carbocycles. The molecule has 0 saturated carbocycles. The lowest BCUT2D eigenvalue weighted by molar-refractivity contribution is -0.332. The summed E-state index contributed by atoms with van der Waals surface area (Å²) in [5, 5.41) is 72.1. The number of carbonyl (C=O) groups is 2. The lowest BCUT2D eigenvalue weighted by Crippen LogP contribution is -2.61. The van der Waals surface area contributed by atoms with Crippen molar-refractivity contribution in [3.63, 3.8) is 0 Å². The summed E-state index contributed by atoms with van der Waals surface area (Å²) in [7, 11) is 0. The van der Waals surface area contributed by atoms with Crippen molar-refractivity contribution >= 4 is 11.9 Å². The summed E-state index contributed by atoms with van der Waals surface area (Å²) in [6, 6.07) is 0. The number of aliphatic hydroxyl groups excluding tert-OH is 7. The van der Waals surface area contributed by atoms with Gasteiger partial charge in [-0.25, -0.2) is 4.79 Å². The quantitative estimate of drug-likeness (QED) is 0.0133. The van der Waals surface area contributed by atoms with Crippen LogP contribution in [0.5, 0.6) is 0 Å². The van der Waals surface area contributed by atoms with E-state index in [-0.39, 0.29) is 13.0 Å². The van der Waals surface area contributed by atoms with Crippen molar-refractivity contribution in [2.75, 3.05) is 26.4 Å². The Morgan fingerprint density at radius 2 is 0.926 bits per heavy atom. The van der Waals surface area contributed by atoms with Gasteiger partial charge in [-0.3, -0.25) is 4.79 Å². The van der Waals surface area contributed by atoms with Gasteiger partial charge in [-0.15, -0.1) is 0 Å². The predicted octanol–water partition coefficient (Wildman–Crippen LogP) is 7.94. The second-order valence-corrected chi connectivity index (χ2v) is 19.1. The minimum atomic E-state index is -1.77. The summed E-state index contributed by atoms with van der Waals surface area (Å²) in [5.74, 6) is -1.17. The highest BCUT2D eigenvalue weighted by Crippen LogP contribution is 2.26. The number of rotatable bonds is 42. The number of hydrogen-bond acceptors (Lipinski definition) is 15. The molecule has 11 atom stereocenters. The largest absolute Gasteiger partial charge is 0.458 e. The molecule has 2 fully saturated rings. The summed E-state index contributed by atoms with van der Waals surface area (Å²) in [6.07, 6.45) is 25.5. The first-order valence-electron chi connectivity index (χ1n) is 27.0. The van der Waals surface area contributed by atoms with Crippen molar-refractivity contribution in [2.24, 2.45) is 0 Å². The highest BCUT2D eigenvalue weighted by molar-refractivity contribution is 5.82. The highest BCUT2D eigenvalue weighted by atomic mass is 16.7. The van der Waals surface area contributed by atoms with Crippen LogP contribution in [0.3, 0.4) is 0 Å². The molecule has 0 aromatic carbocycles. The second kappa shape index (κ2) is 40.6. The average molecular weight is 973 g/mol. The van der Waals surface area contributed by atoms with Gasteiger partial charge >= 0.3 is 11.9 Å². The zero-order valence-electron chi connectivity index (χ0n) is 42.1. The maximum Gasteiger partial charge on any atom is 0.330 e. The van der Waals surface area contributed by atoms with Crippen LogP contribution in [0.4, 0.5) is 0 Å². The van der Waals surface area contributed by atoms with E-state index in [1.807, 2.05) is 6.08 Å². The Balaban J connectivity index is 1.82. The van der Waals surface area contributed by atoms with Gasteiger partial charge < -0.3 is 64.2 Å². The Labute approximate surface area is 409 Å². The molecule has 0 aromatic rings. The number of aliphatic hydroxyl groups is 7. The molecule has 0 aromatic heterocycles. The zero-order chi connectivity index (χ0) is 49.6. The van der Waals surface area contributed by atoms with Crippen LogP contribution in [0.2, 0.25) is 0 Å². The van der Waals surface area contributed by atoms with E-state index in [0.29, 0.717) is 6.42 Å². The van der Waals surface area contributed by atoms with E-state index in [4.69, 9.17) is 28.4 Å². The van der Waals surface area contributed by atoms with Crippen LogP contribution in [-0.4, -0.2) is 142 Å². The maximum atomic E-state index is 13.0. The van der Waals surface area contributed by atoms with Gasteiger partial charge in [0.2, 0.25) is 0 Å². The molecule has 68 heavy (non-hydrogen) atoms. The van der Waals surface area contributed by atoms with Crippen molar-refractivity contribution in [3.05, 3.63) is 24.3 Å². The average Bonchev–Trinajstić information content (AvgIpc) is 3.33. The van der Waals surface area contributed by atoms with Gasteiger partial charge in [-0.2, -0.15) is 0 Å². The van der Waals surface area contributed by atoms with Crippen molar-refractivity contribution in [2.45, 2.75) is 274 Å². The van der Waals surface area contributed by atoms with E-state index >= 15 is 0 Å². The Morgan fingerprint density at radius 1 is 0.500 bits per heavy atom. The maximum absolute atomic E-state index is 13.0. The van der Waals surface area contributed by atoms with Crippen LogP contribution in [0.25, 0.3) is 0 Å². The third-order valence-electron chi connectivity index (χ3n) is 13.0. The van der Waals surface area contributed by atoms with Gasteiger partial charge in [0.05, 0.1) is 19.8 Å². The van der Waals surface area contributed by atoms with Gasteiger partial charge in [-0.05, 0) is 19.3 Å². The second-order valence-electron chi connectivity index (χ2n) is 19.1. The smallest absolute Gasteiger partial charge is 0.330 e. The summed E-state index contributed by atoms with van der Waals surface area (Å²) in [4.78, 5) is 25.7. The molecule has 7 N–H and O–H groups in total. The fourth-order valence-electron chi connectivity index (χ4n) is 8.60. The van der Waals surface area contributed by atoms with E-state index in [0.717, 1.165) is 32.1 Å². The van der Waals surface area contributed by atoms with E-state index in [2.05, 4.69) is 13.8 Å². The molecule has 2 rings (SSSR count). The fraction of sp³-hybridized carbons (Fsp3) is 0.887. The topological polar surface area (TPSA) is 231 Å². The summed E-state index contributed by atoms with van der Waals surface area (Å²) < 4.78 is 33.4. The van der Waals surface area contributed by atoms with Crippen molar-refractivity contribution in [1.82, 2.24) is 0 Å². The van der Waals surface area contributed by atoms with Crippen LogP contribution >= 0.6 is 0 Å². The van der Waals surface area contributed by atoms with E-state index in [1.54, 1.807) is 12.2 Å². The Bertz CT molecular complexity index is 1280. The monoisotopic (exact) mass is 973 g/mol. The number of ether oxygens (including phenoxy) is 6. The van der Waals surface area contributed by atoms with Gasteiger partial charge in [0.25, 0.3) is 0 Å². The summed E-state index contributed by atoms with van der Waals surface area (Å²) in [6.45, 7) is 2.50. The van der Waals surface area contributed by atoms with Gasteiger partial charge in [0, 0.05) is 12.5 Å². The molecule has 2 aliphatic rings. The molecule has 0 radical (unpaired) electrons. The number of hydrogen-bond donors (Lipinski definition) is 7. The summed E-state index contributed by atoms with van der Waals surface area (Å²) in [5.41, 5.74) is 0. The van der Waals surface area contributed by atoms with Crippen molar-refractivity contribution in [3.8, 4) is 0 Å². The Hall–Kier alpha value is -2.02. The molecule has 2 saturated heterocycles. The first kappa shape index (κ1) is 62.1. The third kappa shape index (κ3) is 28.1. The van der Waals surface area contributed by atoms with Crippen molar-refractivity contribution in [1.29, 1.82) is 0 Å². The lowest BCUT2D eigenvalue weighted by Gasteiger charge is -2.42. The van der Waals surface area contributed by atoms with E-state index < -0.39 is 99.3 Å². The normalized spacial score (nSPS) is 25.9. The minimum absolute atomic E-state index is 0.150. The number of carbonyl (C=O) groups excluding carboxylic acids is 2. The SMILES string of the molecule is CCCCCCCCCCCCC/C=C/C=C/C(=O)OC[C@H](CO[C@H]1O[C@@H](CO[C@H]2O[C@@H](CO)[C@@H](O)C(O)C2O)[C@@H](O)C(O)C1O)OC(=O)CCCCCCCCCCCCCCCCCCC. The Kier molecular flexibility index (Phi) is 37.0. The lowest BCUT2D eigenvalue weighted by atomic mass is 9.98. The van der Waals surface area contributed by atoms with Crippen LogP contribution in [-0.2, 0) is 38.0 Å². The predicted molar refractivity (Wildman–Crippen MR) is 261 cm³/mol. The molecule has 398 valence electrons. The molecule has 0 amide bonds. The van der Waals surface area contributed by atoms with E-state index in [1.165, 1.54) is 154 Å². The fourth-order valence-corrected chi connectivity index (χ4v) is 8.60. The van der Waals surface area contributed by atoms with E-state index in [9.17, 15) is 45.3 Å². The Morgan fingerprint density at radius 3 is 1.41 bits per heavy atom. The first-order chi connectivity index (χ1) is 33.0. The summed E-state index contributed by atoms with van der Waals surface area (Å²) >= 11 is 0. The van der Waals surface area contributed by atoms with Gasteiger partial charge in [0.1, 0.15) is 55.4 Å².